The van der Waals surface area contributed by atoms with Crippen molar-refractivity contribution < 1.29 is 17.7 Å². The van der Waals surface area contributed by atoms with Gasteiger partial charge in [0.25, 0.3) is 0 Å². The number of pyridine rings is 1. The van der Waals surface area contributed by atoms with Crippen LogP contribution in [0.5, 0.6) is 11.5 Å². The van der Waals surface area contributed by atoms with E-state index in [1.165, 1.54) is 36.7 Å². The Bertz CT molecular complexity index is 633. The molecule has 1 aromatic heterocycles. The number of aromatic nitrogens is 1. The second kappa shape index (κ2) is 4.66. The first kappa shape index (κ1) is 12.4. The average Bonchev–Trinajstić information content (AvgIpc) is 2.28. The lowest BCUT2D eigenvalue weighted by Crippen LogP contribution is -2.09. The fraction of sp³-hybridized carbons (Fsp3) is 0.0833. The minimum Gasteiger partial charge on any atom is -0.379 e. The summed E-state index contributed by atoms with van der Waals surface area (Å²) in [7, 11) is -3.95. The fourth-order valence-corrected chi connectivity index (χ4v) is 2.31. The fourth-order valence-electron chi connectivity index (χ4n) is 1.43. The molecule has 0 unspecified atom stereocenters. The van der Waals surface area contributed by atoms with Crippen molar-refractivity contribution in [1.82, 2.24) is 4.98 Å². The highest BCUT2D eigenvalue weighted by Gasteiger charge is 2.17. The Kier molecular flexibility index (Phi) is 3.20. The molecule has 0 bridgehead atoms. The third-order valence-electron chi connectivity index (χ3n) is 2.15. The molecule has 0 spiro atoms. The van der Waals surface area contributed by atoms with Crippen molar-refractivity contribution >= 4 is 10.1 Å². The predicted octanol–water partition coefficient (Wildman–Crippen LogP) is 2.30. The minimum absolute atomic E-state index is 0.00357. The van der Waals surface area contributed by atoms with Gasteiger partial charge >= 0.3 is 10.1 Å². The summed E-state index contributed by atoms with van der Waals surface area (Å²) in [5.74, 6) is -0.296. The normalized spacial score (nSPS) is 11.2. The van der Waals surface area contributed by atoms with Gasteiger partial charge in [-0.2, -0.15) is 8.42 Å². The smallest absolute Gasteiger partial charge is 0.340 e. The van der Waals surface area contributed by atoms with E-state index in [0.29, 0.717) is 5.56 Å². The van der Waals surface area contributed by atoms with Crippen LogP contribution in [0.4, 0.5) is 0 Å². The summed E-state index contributed by atoms with van der Waals surface area (Å²) < 4.78 is 28.6. The lowest BCUT2D eigenvalue weighted by atomic mass is 10.2. The molecule has 0 saturated carbocycles. The molecule has 1 radical (unpaired) electrons. The predicted molar refractivity (Wildman–Crippen MR) is 63.4 cm³/mol. The van der Waals surface area contributed by atoms with Crippen LogP contribution in [0.15, 0.2) is 47.6 Å². The van der Waals surface area contributed by atoms with Crippen LogP contribution in [0.2, 0.25) is 0 Å². The van der Waals surface area contributed by atoms with Gasteiger partial charge in [-0.15, -0.1) is 0 Å². The van der Waals surface area contributed by atoms with Crippen molar-refractivity contribution in [3.63, 3.8) is 0 Å². The van der Waals surface area contributed by atoms with Crippen LogP contribution in [0, 0.1) is 6.92 Å². The lowest BCUT2D eigenvalue weighted by Gasteiger charge is -2.07. The Morgan fingerprint density at radius 2 is 2.00 bits per heavy atom. The van der Waals surface area contributed by atoms with E-state index in [9.17, 15) is 13.5 Å². The van der Waals surface area contributed by atoms with Crippen molar-refractivity contribution in [2.24, 2.45) is 0 Å². The van der Waals surface area contributed by atoms with Crippen LogP contribution in [-0.4, -0.2) is 13.4 Å². The summed E-state index contributed by atoms with van der Waals surface area (Å²) in [5, 5.41) is 11.2. The maximum atomic E-state index is 11.9. The molecular formula is C12H10NO4S. The Morgan fingerprint density at radius 3 is 2.61 bits per heavy atom. The molecule has 1 aromatic carbocycles. The van der Waals surface area contributed by atoms with Crippen LogP contribution in [0.3, 0.4) is 0 Å². The zero-order chi connectivity index (χ0) is 13.2. The van der Waals surface area contributed by atoms with E-state index in [0.717, 1.165) is 6.07 Å². The van der Waals surface area contributed by atoms with E-state index in [1.54, 1.807) is 6.92 Å². The largest absolute Gasteiger partial charge is 0.379 e. The third-order valence-corrected chi connectivity index (χ3v) is 3.38. The highest BCUT2D eigenvalue weighted by Crippen LogP contribution is 2.24. The topological polar surface area (TPSA) is 76.2 Å². The van der Waals surface area contributed by atoms with Crippen LogP contribution in [-0.2, 0) is 15.2 Å². The van der Waals surface area contributed by atoms with Gasteiger partial charge in [-0.25, -0.2) is 0 Å². The van der Waals surface area contributed by atoms with Crippen LogP contribution < -0.4 is 4.18 Å². The summed E-state index contributed by atoms with van der Waals surface area (Å²) in [5.41, 5.74) is 0.638. The summed E-state index contributed by atoms with van der Waals surface area (Å²) in [4.78, 5) is 3.65. The quantitative estimate of drug-likeness (QED) is 0.797. The molecule has 93 valence electrons. The molecule has 2 rings (SSSR count). The van der Waals surface area contributed by atoms with Crippen molar-refractivity contribution in [2.45, 2.75) is 11.8 Å². The van der Waals surface area contributed by atoms with Gasteiger partial charge in [0.15, 0.2) is 5.75 Å². The molecule has 1 heterocycles. The summed E-state index contributed by atoms with van der Waals surface area (Å²) >= 11 is 0. The molecule has 0 atom stereocenters. The maximum Gasteiger partial charge on any atom is 0.340 e. The standard InChI is InChI=1S/C12H10NO4S/c1-9-5-10(14)7-11(6-9)17-18(15,16)12-3-2-4-13-8-12/h2-8H,1H3. The molecule has 6 heteroatoms. The van der Waals surface area contributed by atoms with Gasteiger partial charge in [-0.1, -0.05) is 0 Å². The molecule has 0 aliphatic heterocycles. The Labute approximate surface area is 105 Å². The number of rotatable bonds is 3. The average molecular weight is 264 g/mol. The van der Waals surface area contributed by atoms with Gasteiger partial charge in [0.05, 0.1) is 0 Å². The Hall–Kier alpha value is -2.08. The number of nitrogens with zero attached hydrogens (tertiary/aromatic N) is 1. The number of benzene rings is 1. The number of aryl methyl sites for hydroxylation is 1. The molecule has 0 N–H and O–H groups in total. The van der Waals surface area contributed by atoms with Crippen LogP contribution in [0.25, 0.3) is 0 Å². The molecular weight excluding hydrogens is 254 g/mol. The van der Waals surface area contributed by atoms with E-state index in [-0.39, 0.29) is 16.4 Å². The molecule has 0 saturated heterocycles. The lowest BCUT2D eigenvalue weighted by molar-refractivity contribution is 0.353. The van der Waals surface area contributed by atoms with Crippen molar-refractivity contribution in [1.29, 1.82) is 0 Å². The summed E-state index contributed by atoms with van der Waals surface area (Å²) in [6.45, 7) is 1.69. The van der Waals surface area contributed by atoms with E-state index in [1.807, 2.05) is 0 Å². The van der Waals surface area contributed by atoms with Gasteiger partial charge in [0.1, 0.15) is 10.6 Å². The van der Waals surface area contributed by atoms with Gasteiger partial charge in [-0.05, 0) is 36.8 Å². The van der Waals surface area contributed by atoms with Crippen molar-refractivity contribution in [2.75, 3.05) is 0 Å². The number of hydrogen-bond donors (Lipinski definition) is 0. The van der Waals surface area contributed by atoms with E-state index >= 15 is 0 Å². The first-order valence-corrected chi connectivity index (χ1v) is 6.51. The van der Waals surface area contributed by atoms with Gasteiger partial charge in [0.2, 0.25) is 0 Å². The zero-order valence-electron chi connectivity index (χ0n) is 9.53. The van der Waals surface area contributed by atoms with Gasteiger partial charge < -0.3 is 4.18 Å². The van der Waals surface area contributed by atoms with Gasteiger partial charge in [-0.3, -0.25) is 10.1 Å². The second-order valence-electron chi connectivity index (χ2n) is 3.71. The monoisotopic (exact) mass is 264 g/mol. The molecule has 5 nitrogen and oxygen atoms in total. The van der Waals surface area contributed by atoms with Crippen LogP contribution >= 0.6 is 0 Å². The molecule has 0 aliphatic rings. The highest BCUT2D eigenvalue weighted by atomic mass is 32.2. The van der Waals surface area contributed by atoms with Gasteiger partial charge in [0, 0.05) is 18.5 Å². The molecule has 0 fully saturated rings. The second-order valence-corrected chi connectivity index (χ2v) is 5.25. The molecule has 0 aliphatic carbocycles. The molecule has 18 heavy (non-hydrogen) atoms. The Morgan fingerprint density at radius 1 is 1.22 bits per heavy atom. The van der Waals surface area contributed by atoms with E-state index in [4.69, 9.17) is 4.18 Å². The SMILES string of the molecule is Cc1cc([O])cc(OS(=O)(=O)c2cccnc2)c1. The highest BCUT2D eigenvalue weighted by molar-refractivity contribution is 7.87. The Balaban J connectivity index is 2.34. The third kappa shape index (κ3) is 2.78. The van der Waals surface area contributed by atoms with Crippen molar-refractivity contribution in [3.8, 4) is 11.5 Å². The summed E-state index contributed by atoms with van der Waals surface area (Å²) in [6.07, 6.45) is 2.64. The van der Waals surface area contributed by atoms with Crippen molar-refractivity contribution in [3.05, 3.63) is 48.3 Å². The summed E-state index contributed by atoms with van der Waals surface area (Å²) in [6, 6.07) is 6.86. The molecule has 0 amide bonds. The molecule has 2 aromatic rings. The zero-order valence-corrected chi connectivity index (χ0v) is 10.3. The number of hydrogen-bond acceptors (Lipinski definition) is 4. The van der Waals surface area contributed by atoms with E-state index in [2.05, 4.69) is 4.98 Å². The first-order valence-electron chi connectivity index (χ1n) is 5.10. The van der Waals surface area contributed by atoms with Crippen LogP contribution in [0.1, 0.15) is 5.56 Å². The maximum absolute atomic E-state index is 11.9. The first-order chi connectivity index (χ1) is 8.47. The minimum atomic E-state index is -3.95. The van der Waals surface area contributed by atoms with E-state index < -0.39 is 10.1 Å².